The Labute approximate surface area is 143 Å². The monoisotopic (exact) mass is 351 g/mol. The molecule has 0 spiro atoms. The molecule has 8 heteroatoms. The van der Waals surface area contributed by atoms with E-state index >= 15 is 0 Å². The zero-order valence-corrected chi connectivity index (χ0v) is 13.9. The Balaban J connectivity index is 1.37. The van der Waals surface area contributed by atoms with Crippen molar-refractivity contribution >= 4 is 23.7 Å². The fraction of sp³-hybridized carbons (Fsp3) is 0.438. The first-order chi connectivity index (χ1) is 11.7. The van der Waals surface area contributed by atoms with Crippen molar-refractivity contribution in [1.29, 1.82) is 0 Å². The highest BCUT2D eigenvalue weighted by atomic mass is 32.2. The van der Waals surface area contributed by atoms with Crippen LogP contribution in [0.15, 0.2) is 33.6 Å². The SMILES string of the molecule is O=C(CCCSc1ccc(F)cc1)Nc1nnc(C2CCCO2)o1. The van der Waals surface area contributed by atoms with Crippen LogP contribution in [0, 0.1) is 5.82 Å². The molecule has 1 aromatic carbocycles. The van der Waals surface area contributed by atoms with E-state index in [4.69, 9.17) is 9.15 Å². The van der Waals surface area contributed by atoms with Gasteiger partial charge in [0.15, 0.2) is 0 Å². The highest BCUT2D eigenvalue weighted by Gasteiger charge is 2.23. The van der Waals surface area contributed by atoms with Gasteiger partial charge < -0.3 is 9.15 Å². The third kappa shape index (κ3) is 4.78. The number of halogens is 1. The molecule has 1 aliphatic rings. The van der Waals surface area contributed by atoms with Crippen molar-refractivity contribution in [3.63, 3.8) is 0 Å². The summed E-state index contributed by atoms with van der Waals surface area (Å²) in [6.07, 6.45) is 2.72. The van der Waals surface area contributed by atoms with E-state index in [9.17, 15) is 9.18 Å². The lowest BCUT2D eigenvalue weighted by Crippen LogP contribution is -2.11. The van der Waals surface area contributed by atoms with Crippen LogP contribution in [0.4, 0.5) is 10.4 Å². The Morgan fingerprint density at radius 2 is 2.17 bits per heavy atom. The Hall–Kier alpha value is -1.93. The molecule has 2 aromatic rings. The molecule has 0 aliphatic carbocycles. The quantitative estimate of drug-likeness (QED) is 0.607. The normalized spacial score (nSPS) is 17.1. The van der Waals surface area contributed by atoms with Crippen molar-refractivity contribution in [1.82, 2.24) is 10.2 Å². The summed E-state index contributed by atoms with van der Waals surface area (Å²) in [6.45, 7) is 0.695. The number of amides is 1. The van der Waals surface area contributed by atoms with Gasteiger partial charge in [0.1, 0.15) is 11.9 Å². The predicted octanol–water partition coefficient (Wildman–Crippen LogP) is 3.57. The highest BCUT2D eigenvalue weighted by Crippen LogP contribution is 2.28. The average molecular weight is 351 g/mol. The van der Waals surface area contributed by atoms with Crippen LogP contribution < -0.4 is 5.32 Å². The number of hydrogen-bond donors (Lipinski definition) is 1. The average Bonchev–Trinajstić information content (AvgIpc) is 3.24. The van der Waals surface area contributed by atoms with Gasteiger partial charge in [0.05, 0.1) is 0 Å². The molecule has 1 N–H and O–H groups in total. The number of nitrogens with one attached hydrogen (secondary N) is 1. The zero-order chi connectivity index (χ0) is 16.8. The second-order valence-corrected chi connectivity index (χ2v) is 6.57. The van der Waals surface area contributed by atoms with Gasteiger partial charge in [-0.15, -0.1) is 16.9 Å². The molecule has 24 heavy (non-hydrogen) atoms. The van der Waals surface area contributed by atoms with Crippen molar-refractivity contribution < 1.29 is 18.3 Å². The van der Waals surface area contributed by atoms with E-state index in [2.05, 4.69) is 15.5 Å². The van der Waals surface area contributed by atoms with Gasteiger partial charge in [-0.1, -0.05) is 5.10 Å². The van der Waals surface area contributed by atoms with Gasteiger partial charge in [-0.3, -0.25) is 10.1 Å². The van der Waals surface area contributed by atoms with E-state index in [0.717, 1.165) is 23.5 Å². The van der Waals surface area contributed by atoms with Gasteiger partial charge >= 0.3 is 6.01 Å². The number of anilines is 1. The molecule has 128 valence electrons. The van der Waals surface area contributed by atoms with Crippen LogP contribution in [-0.2, 0) is 9.53 Å². The molecule has 1 aromatic heterocycles. The Kier molecular flexibility index (Phi) is 5.81. The van der Waals surface area contributed by atoms with E-state index in [1.165, 1.54) is 12.1 Å². The maximum absolute atomic E-state index is 12.8. The van der Waals surface area contributed by atoms with Crippen LogP contribution in [0.2, 0.25) is 0 Å². The Morgan fingerprint density at radius 1 is 1.33 bits per heavy atom. The van der Waals surface area contributed by atoms with Crippen molar-refractivity contribution in [3.05, 3.63) is 36.0 Å². The number of hydrogen-bond acceptors (Lipinski definition) is 6. The highest BCUT2D eigenvalue weighted by molar-refractivity contribution is 7.99. The molecular weight excluding hydrogens is 333 g/mol. The van der Waals surface area contributed by atoms with Gasteiger partial charge in [0.25, 0.3) is 0 Å². The lowest BCUT2D eigenvalue weighted by molar-refractivity contribution is -0.116. The first-order valence-corrected chi connectivity index (χ1v) is 8.82. The minimum Gasteiger partial charge on any atom is -0.405 e. The summed E-state index contributed by atoms with van der Waals surface area (Å²) in [7, 11) is 0. The topological polar surface area (TPSA) is 77.2 Å². The molecule has 1 fully saturated rings. The van der Waals surface area contributed by atoms with Gasteiger partial charge in [-0.05, 0) is 49.3 Å². The lowest BCUT2D eigenvalue weighted by atomic mass is 10.2. The fourth-order valence-corrected chi connectivity index (χ4v) is 3.18. The van der Waals surface area contributed by atoms with E-state index in [-0.39, 0.29) is 23.8 Å². The number of aromatic nitrogens is 2. The summed E-state index contributed by atoms with van der Waals surface area (Å²) in [4.78, 5) is 12.9. The number of carbonyl (C=O) groups is 1. The Bertz CT molecular complexity index is 671. The molecule has 1 unspecified atom stereocenters. The van der Waals surface area contributed by atoms with Crippen molar-refractivity contribution in [3.8, 4) is 0 Å². The number of carbonyl (C=O) groups excluding carboxylic acids is 1. The van der Waals surface area contributed by atoms with E-state index in [0.29, 0.717) is 25.3 Å². The molecule has 0 bridgehead atoms. The van der Waals surface area contributed by atoms with E-state index in [1.807, 2.05) is 0 Å². The van der Waals surface area contributed by atoms with E-state index in [1.54, 1.807) is 23.9 Å². The molecule has 1 atom stereocenters. The van der Waals surface area contributed by atoms with Gasteiger partial charge in [-0.25, -0.2) is 4.39 Å². The number of nitrogens with zero attached hydrogens (tertiary/aromatic N) is 2. The molecular formula is C16H18FN3O3S. The summed E-state index contributed by atoms with van der Waals surface area (Å²) in [6, 6.07) is 6.42. The van der Waals surface area contributed by atoms with Crippen LogP contribution in [0.3, 0.4) is 0 Å². The minimum atomic E-state index is -0.249. The zero-order valence-electron chi connectivity index (χ0n) is 13.0. The summed E-state index contributed by atoms with van der Waals surface area (Å²) in [5.41, 5.74) is 0. The summed E-state index contributed by atoms with van der Waals surface area (Å²) in [5.74, 6) is 0.761. The van der Waals surface area contributed by atoms with Crippen molar-refractivity contribution in [2.45, 2.75) is 36.7 Å². The minimum absolute atomic E-state index is 0.108. The number of benzene rings is 1. The summed E-state index contributed by atoms with van der Waals surface area (Å²) < 4.78 is 23.7. The second-order valence-electron chi connectivity index (χ2n) is 5.40. The third-order valence-corrected chi connectivity index (χ3v) is 4.62. The molecule has 2 heterocycles. The van der Waals surface area contributed by atoms with Gasteiger partial charge in [-0.2, -0.15) is 0 Å². The Morgan fingerprint density at radius 3 is 2.92 bits per heavy atom. The second kappa shape index (κ2) is 8.25. The largest absolute Gasteiger partial charge is 0.405 e. The summed E-state index contributed by atoms with van der Waals surface area (Å²) in [5, 5.41) is 10.3. The van der Waals surface area contributed by atoms with Crippen molar-refractivity contribution in [2.75, 3.05) is 17.7 Å². The molecule has 0 radical (unpaired) electrons. The van der Waals surface area contributed by atoms with Crippen molar-refractivity contribution in [2.24, 2.45) is 0 Å². The molecule has 1 saturated heterocycles. The van der Waals surface area contributed by atoms with Crippen LogP contribution in [0.1, 0.15) is 37.7 Å². The van der Waals surface area contributed by atoms with Crippen LogP contribution in [0.5, 0.6) is 0 Å². The number of rotatable bonds is 7. The third-order valence-electron chi connectivity index (χ3n) is 3.52. The molecule has 3 rings (SSSR count). The fourth-order valence-electron chi connectivity index (χ4n) is 2.32. The van der Waals surface area contributed by atoms with Gasteiger partial charge in [0, 0.05) is 17.9 Å². The first-order valence-electron chi connectivity index (χ1n) is 7.84. The standard InChI is InChI=1S/C16H18FN3O3S/c17-11-5-7-12(8-6-11)24-10-2-4-14(21)18-16-20-19-15(23-16)13-3-1-9-22-13/h5-8,13H,1-4,9-10H2,(H,18,20,21). The van der Waals surface area contributed by atoms with Gasteiger partial charge in [0.2, 0.25) is 11.8 Å². The first kappa shape index (κ1) is 16.9. The molecule has 0 saturated carbocycles. The van der Waals surface area contributed by atoms with Crippen LogP contribution >= 0.6 is 11.8 Å². The predicted molar refractivity (Wildman–Crippen MR) is 87.2 cm³/mol. The maximum atomic E-state index is 12.8. The van der Waals surface area contributed by atoms with E-state index < -0.39 is 0 Å². The van der Waals surface area contributed by atoms with Crippen LogP contribution in [0.25, 0.3) is 0 Å². The molecule has 6 nitrogen and oxygen atoms in total. The number of thioether (sulfide) groups is 1. The maximum Gasteiger partial charge on any atom is 0.322 e. The molecule has 1 aliphatic heterocycles. The smallest absolute Gasteiger partial charge is 0.322 e. The summed E-state index contributed by atoms with van der Waals surface area (Å²) >= 11 is 1.58. The van der Waals surface area contributed by atoms with Crippen LogP contribution in [-0.4, -0.2) is 28.5 Å². The lowest BCUT2D eigenvalue weighted by Gasteiger charge is -2.03. The molecule has 1 amide bonds. The number of ether oxygens (including phenoxy) is 1.